The molecule has 0 unspecified atom stereocenters. The average Bonchev–Trinajstić information content (AvgIpc) is 3.56. The fourth-order valence-corrected chi connectivity index (χ4v) is 6.79. The second kappa shape index (κ2) is 9.30. The minimum atomic E-state index is 0.903. The molecule has 0 aliphatic heterocycles. The van der Waals surface area contributed by atoms with Crippen molar-refractivity contribution in [2.24, 2.45) is 0 Å². The lowest BCUT2D eigenvalue weighted by Crippen LogP contribution is -2.09. The van der Waals surface area contributed by atoms with E-state index >= 15 is 0 Å². The van der Waals surface area contributed by atoms with Gasteiger partial charge in [-0.1, -0.05) is 66.7 Å². The first kappa shape index (κ1) is 22.9. The Bertz CT molecular complexity index is 2110. The van der Waals surface area contributed by atoms with Gasteiger partial charge in [0.05, 0.1) is 5.69 Å². The van der Waals surface area contributed by atoms with Gasteiger partial charge >= 0.3 is 0 Å². The van der Waals surface area contributed by atoms with Crippen LogP contribution in [0.1, 0.15) is 0 Å². The summed E-state index contributed by atoms with van der Waals surface area (Å²) in [5, 5.41) is 8.42. The highest BCUT2D eigenvalue weighted by atomic mass is 32.1. The topological polar surface area (TPSA) is 28.4 Å². The zero-order valence-corrected chi connectivity index (χ0v) is 22.4. The van der Waals surface area contributed by atoms with Crippen LogP contribution < -0.4 is 10.2 Å². The number of thiophene rings is 1. The second-order valence-corrected chi connectivity index (χ2v) is 11.0. The van der Waals surface area contributed by atoms with Crippen LogP contribution in [0.15, 0.2) is 144 Å². The maximum atomic E-state index is 6.01. The molecule has 0 amide bonds. The van der Waals surface area contributed by atoms with Crippen LogP contribution in [0, 0.1) is 0 Å². The van der Waals surface area contributed by atoms with Crippen LogP contribution >= 0.6 is 11.3 Å². The Morgan fingerprint density at radius 2 is 1.18 bits per heavy atom. The highest BCUT2D eigenvalue weighted by Crippen LogP contribution is 2.45. The number of para-hydroxylation sites is 3. The third kappa shape index (κ3) is 3.81. The van der Waals surface area contributed by atoms with Crippen molar-refractivity contribution in [1.82, 2.24) is 0 Å². The summed E-state index contributed by atoms with van der Waals surface area (Å²) < 4.78 is 8.54. The molecule has 8 rings (SSSR count). The van der Waals surface area contributed by atoms with Crippen molar-refractivity contribution in [3.05, 3.63) is 140 Å². The van der Waals surface area contributed by atoms with E-state index in [-0.39, 0.29) is 0 Å². The number of nitrogens with one attached hydrogen (secondary N) is 1. The molecule has 0 saturated heterocycles. The molecule has 1 N–H and O–H groups in total. The summed E-state index contributed by atoms with van der Waals surface area (Å²) in [6, 6.07) is 49.0. The maximum absolute atomic E-state index is 6.01. The second-order valence-electron chi connectivity index (χ2n) is 9.90. The van der Waals surface area contributed by atoms with Crippen molar-refractivity contribution in [3.63, 3.8) is 0 Å². The lowest BCUT2D eigenvalue weighted by Gasteiger charge is -2.26. The quantitative estimate of drug-likeness (QED) is 0.239. The van der Waals surface area contributed by atoms with Crippen molar-refractivity contribution in [2.75, 3.05) is 10.2 Å². The van der Waals surface area contributed by atoms with Crippen molar-refractivity contribution in [1.29, 1.82) is 0 Å². The molecular formula is C36H24N2OS. The van der Waals surface area contributed by atoms with Crippen molar-refractivity contribution < 1.29 is 4.42 Å². The van der Waals surface area contributed by atoms with Crippen LogP contribution in [0.4, 0.5) is 28.4 Å². The van der Waals surface area contributed by atoms with Gasteiger partial charge in [-0.2, -0.15) is 0 Å². The molecule has 40 heavy (non-hydrogen) atoms. The third-order valence-electron chi connectivity index (χ3n) is 7.41. The lowest BCUT2D eigenvalue weighted by atomic mass is 10.1. The van der Waals surface area contributed by atoms with Gasteiger partial charge in [-0.3, -0.25) is 0 Å². The molecular weight excluding hydrogens is 508 g/mol. The number of furan rings is 1. The Balaban J connectivity index is 1.23. The molecule has 0 radical (unpaired) electrons. The van der Waals surface area contributed by atoms with Gasteiger partial charge in [0.1, 0.15) is 11.2 Å². The molecule has 0 fully saturated rings. The summed E-state index contributed by atoms with van der Waals surface area (Å²) in [4.78, 5) is 2.35. The van der Waals surface area contributed by atoms with Gasteiger partial charge in [-0.15, -0.1) is 11.3 Å². The van der Waals surface area contributed by atoms with Crippen molar-refractivity contribution >= 4 is 81.9 Å². The number of anilines is 5. The van der Waals surface area contributed by atoms with Crippen molar-refractivity contribution in [3.8, 4) is 0 Å². The summed E-state index contributed by atoms with van der Waals surface area (Å²) in [5.74, 6) is 0. The smallest absolute Gasteiger partial charge is 0.135 e. The Morgan fingerprint density at radius 3 is 1.98 bits per heavy atom. The largest absolute Gasteiger partial charge is 0.456 e. The van der Waals surface area contributed by atoms with E-state index in [1.54, 1.807) is 0 Å². The normalized spacial score (nSPS) is 11.5. The van der Waals surface area contributed by atoms with Gasteiger partial charge < -0.3 is 14.6 Å². The predicted octanol–water partition coefficient (Wildman–Crippen LogP) is 11.2. The molecule has 190 valence electrons. The average molecular weight is 533 g/mol. The molecule has 0 aliphatic carbocycles. The monoisotopic (exact) mass is 532 g/mol. The Morgan fingerprint density at radius 1 is 0.500 bits per heavy atom. The molecule has 2 heterocycles. The number of rotatable bonds is 5. The molecule has 4 heteroatoms. The lowest BCUT2D eigenvalue weighted by molar-refractivity contribution is 0.669. The number of hydrogen-bond acceptors (Lipinski definition) is 4. The highest BCUT2D eigenvalue weighted by molar-refractivity contribution is 7.26. The number of fused-ring (bicyclic) bond motifs is 6. The molecule has 0 saturated carbocycles. The molecule has 8 aromatic rings. The van der Waals surface area contributed by atoms with E-state index in [1.165, 1.54) is 25.9 Å². The first-order chi connectivity index (χ1) is 19.8. The van der Waals surface area contributed by atoms with E-state index in [0.717, 1.165) is 44.7 Å². The third-order valence-corrected chi connectivity index (χ3v) is 8.53. The SMILES string of the molecule is c1ccc(N(c2ccccc2)c2cccc3sc4cc(Nc5ccc6oc7ccccc7c6c5)ccc4c23)cc1. The van der Waals surface area contributed by atoms with Gasteiger partial charge in [0, 0.05) is 53.7 Å². The van der Waals surface area contributed by atoms with E-state index < -0.39 is 0 Å². The van der Waals surface area contributed by atoms with E-state index in [0.29, 0.717) is 0 Å². The Kier molecular flexibility index (Phi) is 5.32. The van der Waals surface area contributed by atoms with Crippen molar-refractivity contribution in [2.45, 2.75) is 0 Å². The highest BCUT2D eigenvalue weighted by Gasteiger charge is 2.18. The fourth-order valence-electron chi connectivity index (χ4n) is 5.62. The zero-order chi connectivity index (χ0) is 26.5. The minimum absolute atomic E-state index is 0.903. The molecule has 0 bridgehead atoms. The summed E-state index contributed by atoms with van der Waals surface area (Å²) in [7, 11) is 0. The number of nitrogens with zero attached hydrogens (tertiary/aromatic N) is 1. The first-order valence-corrected chi connectivity index (χ1v) is 14.2. The molecule has 0 spiro atoms. The first-order valence-electron chi connectivity index (χ1n) is 13.4. The molecule has 0 atom stereocenters. The summed E-state index contributed by atoms with van der Waals surface area (Å²) in [5.41, 5.74) is 7.38. The van der Waals surface area contributed by atoms with Crippen LogP contribution in [0.3, 0.4) is 0 Å². The van der Waals surface area contributed by atoms with Gasteiger partial charge in [-0.05, 0) is 72.8 Å². The zero-order valence-electron chi connectivity index (χ0n) is 21.5. The molecule has 2 aromatic heterocycles. The van der Waals surface area contributed by atoms with Crippen LogP contribution in [-0.2, 0) is 0 Å². The van der Waals surface area contributed by atoms with Crippen LogP contribution in [0.5, 0.6) is 0 Å². The standard InChI is InChI=1S/C36H24N2OS/c1-3-10-26(11-4-1)38(27-12-5-2-6-13-27)31-15-9-17-34-36(31)29-20-18-25(23-35(29)40-34)37-24-19-21-33-30(22-24)28-14-7-8-16-32(28)39-33/h1-23,37H. The summed E-state index contributed by atoms with van der Waals surface area (Å²) in [6.45, 7) is 0. The number of benzene rings is 6. The van der Waals surface area contributed by atoms with Gasteiger partial charge in [0.25, 0.3) is 0 Å². The maximum Gasteiger partial charge on any atom is 0.135 e. The summed E-state index contributed by atoms with van der Waals surface area (Å²) in [6.07, 6.45) is 0. The van der Waals surface area contributed by atoms with Gasteiger partial charge in [0.15, 0.2) is 0 Å². The minimum Gasteiger partial charge on any atom is -0.456 e. The van der Waals surface area contributed by atoms with E-state index in [9.17, 15) is 0 Å². The fraction of sp³-hybridized carbons (Fsp3) is 0. The molecule has 3 nitrogen and oxygen atoms in total. The summed E-state index contributed by atoms with van der Waals surface area (Å²) >= 11 is 1.83. The molecule has 0 aliphatic rings. The van der Waals surface area contributed by atoms with E-state index in [1.807, 2.05) is 29.5 Å². The predicted molar refractivity (Wildman–Crippen MR) is 171 cm³/mol. The van der Waals surface area contributed by atoms with E-state index in [2.05, 4.69) is 132 Å². The number of hydrogen-bond donors (Lipinski definition) is 1. The van der Waals surface area contributed by atoms with Gasteiger partial charge in [-0.25, -0.2) is 0 Å². The van der Waals surface area contributed by atoms with E-state index in [4.69, 9.17) is 4.42 Å². The Hall–Kier alpha value is -5.06. The van der Waals surface area contributed by atoms with Crippen LogP contribution in [0.2, 0.25) is 0 Å². The van der Waals surface area contributed by atoms with Crippen LogP contribution in [0.25, 0.3) is 42.1 Å². The molecule has 6 aromatic carbocycles. The van der Waals surface area contributed by atoms with Crippen LogP contribution in [-0.4, -0.2) is 0 Å². The van der Waals surface area contributed by atoms with Gasteiger partial charge in [0.2, 0.25) is 0 Å². The Labute approximate surface area is 235 Å².